The Morgan fingerprint density at radius 3 is 2.53 bits per heavy atom. The number of allylic oxidation sites excluding steroid dienone is 1. The number of rotatable bonds is 7. The second-order valence-electron chi connectivity index (χ2n) is 4.26. The van der Waals surface area contributed by atoms with Crippen LogP contribution in [-0.4, -0.2) is 27.5 Å². The molecule has 0 aliphatic rings. The number of ether oxygens (including phenoxy) is 1. The zero-order chi connectivity index (χ0) is 11.7. The summed E-state index contributed by atoms with van der Waals surface area (Å²) >= 11 is 0. The molecule has 0 N–H and O–H groups in total. The van der Waals surface area contributed by atoms with Crippen molar-refractivity contribution < 1.29 is 14.0 Å². The average molecular weight is 230 g/mol. The first-order chi connectivity index (χ1) is 6.95. The van der Waals surface area contributed by atoms with Crippen molar-refractivity contribution in [1.82, 2.24) is 0 Å². The van der Waals surface area contributed by atoms with E-state index in [0.29, 0.717) is 6.61 Å². The average Bonchev–Trinajstić information content (AvgIpc) is 2.09. The predicted molar refractivity (Wildman–Crippen MR) is 64.3 cm³/mol. The molecular formula is C11H22O3Si. The van der Waals surface area contributed by atoms with Gasteiger partial charge < -0.3 is 9.16 Å². The first kappa shape index (κ1) is 14.4. The van der Waals surface area contributed by atoms with Crippen molar-refractivity contribution in [2.24, 2.45) is 0 Å². The van der Waals surface area contributed by atoms with Crippen LogP contribution >= 0.6 is 0 Å². The number of hydrogen-bond donors (Lipinski definition) is 0. The van der Waals surface area contributed by atoms with Crippen molar-refractivity contribution in [3.8, 4) is 0 Å². The largest absolute Gasteiger partial charge is 0.463 e. The predicted octanol–water partition coefficient (Wildman–Crippen LogP) is 2.74. The topological polar surface area (TPSA) is 35.5 Å². The highest BCUT2D eigenvalue weighted by molar-refractivity contribution is 6.69. The third-order valence-corrected chi connectivity index (χ3v) is 2.66. The lowest BCUT2D eigenvalue weighted by atomic mass is 10.3. The third kappa shape index (κ3) is 11.3. The van der Waals surface area contributed by atoms with Crippen molar-refractivity contribution in [1.29, 1.82) is 0 Å². The van der Waals surface area contributed by atoms with Crippen LogP contribution in [0.4, 0.5) is 0 Å². The normalized spacial score (nSPS) is 12.0. The molecule has 3 nitrogen and oxygen atoms in total. The molecule has 0 radical (unpaired) electrons. The van der Waals surface area contributed by atoms with E-state index >= 15 is 0 Å². The molecule has 0 aromatic rings. The summed E-state index contributed by atoms with van der Waals surface area (Å²) in [5.41, 5.74) is 0. The molecule has 88 valence electrons. The quantitative estimate of drug-likeness (QED) is 0.292. The van der Waals surface area contributed by atoms with Crippen LogP contribution in [-0.2, 0) is 14.0 Å². The smallest absolute Gasteiger partial charge is 0.330 e. The number of hydrogen-bond acceptors (Lipinski definition) is 3. The van der Waals surface area contributed by atoms with Crippen LogP contribution in [0.2, 0.25) is 19.6 Å². The molecule has 0 aromatic carbocycles. The molecule has 15 heavy (non-hydrogen) atoms. The van der Waals surface area contributed by atoms with Crippen LogP contribution < -0.4 is 0 Å². The molecule has 4 heteroatoms. The number of unbranched alkanes of at least 4 members (excludes halogenated alkanes) is 1. The zero-order valence-corrected chi connectivity index (χ0v) is 11.2. The first-order valence-electron chi connectivity index (χ1n) is 5.43. The molecule has 0 rings (SSSR count). The maximum absolute atomic E-state index is 10.9. The van der Waals surface area contributed by atoms with E-state index in [1.165, 1.54) is 6.08 Å². The van der Waals surface area contributed by atoms with E-state index in [1.807, 2.05) is 6.08 Å². The van der Waals surface area contributed by atoms with E-state index in [-0.39, 0.29) is 5.97 Å². The monoisotopic (exact) mass is 230 g/mol. The Balaban J connectivity index is 3.42. The summed E-state index contributed by atoms with van der Waals surface area (Å²) in [5.74, 6) is -0.261. The molecular weight excluding hydrogens is 208 g/mol. The van der Waals surface area contributed by atoms with Gasteiger partial charge in [-0.25, -0.2) is 4.79 Å². The van der Waals surface area contributed by atoms with Gasteiger partial charge in [-0.05, 0) is 39.4 Å². The maximum atomic E-state index is 10.9. The van der Waals surface area contributed by atoms with E-state index in [9.17, 15) is 4.79 Å². The van der Waals surface area contributed by atoms with Gasteiger partial charge in [0.05, 0.1) is 6.61 Å². The van der Waals surface area contributed by atoms with E-state index in [0.717, 1.165) is 19.4 Å². The summed E-state index contributed by atoms with van der Waals surface area (Å²) < 4.78 is 10.4. The van der Waals surface area contributed by atoms with E-state index in [1.54, 1.807) is 6.92 Å². The summed E-state index contributed by atoms with van der Waals surface area (Å²) in [7, 11) is -1.37. The Hall–Kier alpha value is -0.613. The minimum Gasteiger partial charge on any atom is -0.463 e. The second-order valence-corrected chi connectivity index (χ2v) is 8.77. The fraction of sp³-hybridized carbons (Fsp3) is 0.727. The molecule has 0 unspecified atom stereocenters. The van der Waals surface area contributed by atoms with Gasteiger partial charge in [0.2, 0.25) is 0 Å². The van der Waals surface area contributed by atoms with Gasteiger partial charge in [-0.15, -0.1) is 0 Å². The summed E-state index contributed by atoms with van der Waals surface area (Å²) in [4.78, 5) is 10.9. The van der Waals surface area contributed by atoms with Gasteiger partial charge in [-0.2, -0.15) is 0 Å². The van der Waals surface area contributed by atoms with Crippen molar-refractivity contribution in [3.63, 3.8) is 0 Å². The Bertz CT molecular complexity index is 206. The highest BCUT2D eigenvalue weighted by Crippen LogP contribution is 2.04. The van der Waals surface area contributed by atoms with Crippen LogP contribution in [0.3, 0.4) is 0 Å². The lowest BCUT2D eigenvalue weighted by Gasteiger charge is -2.16. The molecule has 0 fully saturated rings. The highest BCUT2D eigenvalue weighted by atomic mass is 28.4. The van der Waals surface area contributed by atoms with Gasteiger partial charge in [0, 0.05) is 12.7 Å². The van der Waals surface area contributed by atoms with E-state index in [4.69, 9.17) is 9.16 Å². The fourth-order valence-electron chi connectivity index (χ4n) is 0.949. The fourth-order valence-corrected chi connectivity index (χ4v) is 1.71. The van der Waals surface area contributed by atoms with Crippen LogP contribution in [0.25, 0.3) is 0 Å². The van der Waals surface area contributed by atoms with Crippen molar-refractivity contribution >= 4 is 14.3 Å². The zero-order valence-electron chi connectivity index (χ0n) is 10.2. The summed E-state index contributed by atoms with van der Waals surface area (Å²) in [6, 6.07) is 0. The summed E-state index contributed by atoms with van der Waals surface area (Å²) in [5, 5.41) is 0. The first-order valence-corrected chi connectivity index (χ1v) is 8.84. The highest BCUT2D eigenvalue weighted by Gasteiger charge is 2.12. The van der Waals surface area contributed by atoms with Gasteiger partial charge in [0.25, 0.3) is 0 Å². The molecule has 0 aliphatic heterocycles. The third-order valence-electron chi connectivity index (χ3n) is 1.59. The Labute approximate surface area is 93.6 Å². The summed E-state index contributed by atoms with van der Waals surface area (Å²) in [6.07, 6.45) is 5.15. The molecule has 0 saturated heterocycles. The molecule has 0 heterocycles. The van der Waals surface area contributed by atoms with Gasteiger partial charge in [0.15, 0.2) is 8.32 Å². The van der Waals surface area contributed by atoms with Gasteiger partial charge in [0.1, 0.15) is 0 Å². The van der Waals surface area contributed by atoms with Crippen LogP contribution in [0, 0.1) is 0 Å². The van der Waals surface area contributed by atoms with E-state index in [2.05, 4.69) is 19.6 Å². The number of carbonyl (C=O) groups excluding carboxylic acids is 1. The van der Waals surface area contributed by atoms with E-state index < -0.39 is 8.32 Å². The molecule has 0 spiro atoms. The number of esters is 1. The SMILES string of the molecule is CCOC(=O)/C=C/CCCO[Si](C)(C)C. The van der Waals surface area contributed by atoms with Crippen molar-refractivity contribution in [2.45, 2.75) is 39.4 Å². The van der Waals surface area contributed by atoms with Crippen LogP contribution in [0.5, 0.6) is 0 Å². The van der Waals surface area contributed by atoms with Crippen molar-refractivity contribution in [2.75, 3.05) is 13.2 Å². The Morgan fingerprint density at radius 1 is 1.33 bits per heavy atom. The second kappa shape index (κ2) is 7.65. The van der Waals surface area contributed by atoms with Crippen LogP contribution in [0.15, 0.2) is 12.2 Å². The van der Waals surface area contributed by atoms with Crippen molar-refractivity contribution in [3.05, 3.63) is 12.2 Å². The molecule has 0 amide bonds. The molecule has 0 bridgehead atoms. The molecule has 0 aliphatic carbocycles. The van der Waals surface area contributed by atoms with Gasteiger partial charge in [-0.1, -0.05) is 6.08 Å². The lowest BCUT2D eigenvalue weighted by Crippen LogP contribution is -2.25. The summed E-state index contributed by atoms with van der Waals surface area (Å²) in [6.45, 7) is 9.52. The molecule has 0 aromatic heterocycles. The minimum atomic E-state index is -1.37. The van der Waals surface area contributed by atoms with Crippen LogP contribution in [0.1, 0.15) is 19.8 Å². The van der Waals surface area contributed by atoms with Gasteiger partial charge >= 0.3 is 5.97 Å². The van der Waals surface area contributed by atoms with Gasteiger partial charge in [-0.3, -0.25) is 0 Å². The minimum absolute atomic E-state index is 0.261. The molecule has 0 atom stereocenters. The molecule has 0 saturated carbocycles. The number of carbonyl (C=O) groups is 1. The standard InChI is InChI=1S/C11H22O3Si/c1-5-13-11(12)9-7-6-8-10-14-15(2,3)4/h7,9H,5-6,8,10H2,1-4H3/b9-7+. The maximum Gasteiger partial charge on any atom is 0.330 e. The Kier molecular flexibility index (Phi) is 7.34. The lowest BCUT2D eigenvalue weighted by molar-refractivity contribution is -0.137. The Morgan fingerprint density at radius 2 is 2.00 bits per heavy atom.